The maximum Gasteiger partial charge on any atom is 0.161 e. The van der Waals surface area contributed by atoms with E-state index in [1.807, 2.05) is 55.5 Å². The number of rotatable bonds is 7. The smallest absolute Gasteiger partial charge is 0.161 e. The van der Waals surface area contributed by atoms with Gasteiger partial charge in [0.05, 0.1) is 18.7 Å². The summed E-state index contributed by atoms with van der Waals surface area (Å²) in [6.45, 7) is 2.24. The van der Waals surface area contributed by atoms with Gasteiger partial charge in [-0.3, -0.25) is 0 Å². The molecule has 0 saturated carbocycles. The summed E-state index contributed by atoms with van der Waals surface area (Å²) in [4.78, 5) is 8.72. The van der Waals surface area contributed by atoms with Crippen molar-refractivity contribution in [2.75, 3.05) is 19.0 Å². The Morgan fingerprint density at radius 3 is 2.52 bits per heavy atom. The minimum Gasteiger partial charge on any atom is -0.493 e. The number of hydrogen-bond donors (Lipinski definition) is 2. The molecule has 2 N–H and O–H groups in total. The Morgan fingerprint density at radius 1 is 1.04 bits per heavy atom. The van der Waals surface area contributed by atoms with Gasteiger partial charge in [-0.2, -0.15) is 0 Å². The van der Waals surface area contributed by atoms with Crippen LogP contribution in [0.15, 0.2) is 48.5 Å². The maximum absolute atomic E-state index is 9.37. The molecule has 0 amide bonds. The van der Waals surface area contributed by atoms with E-state index in [0.717, 1.165) is 10.9 Å². The number of nitrogens with zero attached hydrogens (tertiary/aromatic N) is 2. The van der Waals surface area contributed by atoms with E-state index in [9.17, 15) is 5.11 Å². The summed E-state index contributed by atoms with van der Waals surface area (Å²) in [6.07, 6.45) is 0. The zero-order valence-electron chi connectivity index (χ0n) is 14.3. The van der Waals surface area contributed by atoms with Crippen molar-refractivity contribution in [3.8, 4) is 11.5 Å². The van der Waals surface area contributed by atoms with Gasteiger partial charge in [0.25, 0.3) is 0 Å². The van der Waals surface area contributed by atoms with Crippen LogP contribution in [0.3, 0.4) is 0 Å². The third kappa shape index (κ3) is 3.97. The number of aliphatic hydroxyl groups excluding tert-OH is 1. The molecule has 0 fully saturated rings. The number of aliphatic hydroxyl groups is 1. The van der Waals surface area contributed by atoms with Crippen LogP contribution in [0.4, 0.5) is 5.82 Å². The largest absolute Gasteiger partial charge is 0.493 e. The van der Waals surface area contributed by atoms with E-state index in [-0.39, 0.29) is 12.6 Å². The first-order valence-electron chi connectivity index (χ1n) is 8.10. The number of benzene rings is 2. The molecule has 6 nitrogen and oxygen atoms in total. The molecule has 0 aliphatic carbocycles. The van der Waals surface area contributed by atoms with Gasteiger partial charge in [-0.15, -0.1) is 0 Å². The van der Waals surface area contributed by atoms with Crippen molar-refractivity contribution in [2.45, 2.75) is 19.6 Å². The lowest BCUT2D eigenvalue weighted by Gasteiger charge is -2.18. The fourth-order valence-electron chi connectivity index (χ4n) is 2.53. The van der Waals surface area contributed by atoms with E-state index in [4.69, 9.17) is 9.47 Å². The lowest BCUT2D eigenvalue weighted by atomic mass is 10.2. The van der Waals surface area contributed by atoms with Crippen molar-refractivity contribution in [1.82, 2.24) is 9.97 Å². The van der Waals surface area contributed by atoms with Crippen molar-refractivity contribution in [2.24, 2.45) is 0 Å². The van der Waals surface area contributed by atoms with E-state index in [0.29, 0.717) is 29.7 Å². The Morgan fingerprint density at radius 2 is 1.76 bits per heavy atom. The molecule has 0 saturated heterocycles. The molecule has 3 rings (SSSR count). The summed E-state index contributed by atoms with van der Waals surface area (Å²) in [7, 11) is 1.62. The van der Waals surface area contributed by atoms with Gasteiger partial charge in [-0.1, -0.05) is 24.3 Å². The normalized spacial score (nSPS) is 12.0. The molecule has 0 aliphatic rings. The fraction of sp³-hybridized carbons (Fsp3) is 0.263. The highest BCUT2D eigenvalue weighted by molar-refractivity contribution is 5.89. The Balaban J connectivity index is 1.74. The number of ether oxygens (including phenoxy) is 2. The number of anilines is 1. The van der Waals surface area contributed by atoms with Crippen molar-refractivity contribution < 1.29 is 14.6 Å². The van der Waals surface area contributed by atoms with E-state index < -0.39 is 0 Å². The van der Waals surface area contributed by atoms with Crippen LogP contribution in [0, 0.1) is 0 Å². The molecule has 1 atom stereocenters. The second-order valence-electron chi connectivity index (χ2n) is 5.67. The monoisotopic (exact) mass is 339 g/mol. The molecular formula is C19H21N3O3. The van der Waals surface area contributed by atoms with Crippen LogP contribution in [0.5, 0.6) is 11.5 Å². The van der Waals surface area contributed by atoms with Gasteiger partial charge >= 0.3 is 0 Å². The van der Waals surface area contributed by atoms with Crippen molar-refractivity contribution in [1.29, 1.82) is 0 Å². The van der Waals surface area contributed by atoms with Crippen LogP contribution in [0.2, 0.25) is 0 Å². The summed E-state index contributed by atoms with van der Waals surface area (Å²) in [5.41, 5.74) is 0.793. The maximum atomic E-state index is 9.37. The van der Waals surface area contributed by atoms with Crippen LogP contribution in [0.25, 0.3) is 10.9 Å². The molecular weight excluding hydrogens is 318 g/mol. The second-order valence-corrected chi connectivity index (χ2v) is 5.67. The standard InChI is InChI=1S/C19H21N3O3/c1-13(12-25-17-10-6-5-9-16(17)24-2)20-19-14-7-3-4-8-15(14)21-18(11-23)22-19/h3-10,13,23H,11-12H2,1-2H3,(H,20,21,22)/t13-/m1/s1. The number of aromatic nitrogens is 2. The van der Waals surface area contributed by atoms with E-state index in [1.54, 1.807) is 7.11 Å². The SMILES string of the molecule is COc1ccccc1OC[C@@H](C)Nc1nc(CO)nc2ccccc12. The topological polar surface area (TPSA) is 76.5 Å². The summed E-state index contributed by atoms with van der Waals surface area (Å²) >= 11 is 0. The first-order chi connectivity index (χ1) is 12.2. The van der Waals surface area contributed by atoms with Crippen LogP contribution < -0.4 is 14.8 Å². The van der Waals surface area contributed by atoms with Crippen LogP contribution in [-0.4, -0.2) is 34.8 Å². The number of nitrogens with one attached hydrogen (secondary N) is 1. The summed E-state index contributed by atoms with van der Waals surface area (Å²) in [6, 6.07) is 15.2. The Hall–Kier alpha value is -2.86. The highest BCUT2D eigenvalue weighted by Crippen LogP contribution is 2.26. The van der Waals surface area contributed by atoms with E-state index >= 15 is 0 Å². The molecule has 2 aromatic carbocycles. The van der Waals surface area contributed by atoms with Crippen molar-refractivity contribution in [3.05, 3.63) is 54.4 Å². The molecule has 0 radical (unpaired) electrons. The lowest BCUT2D eigenvalue weighted by molar-refractivity contribution is 0.271. The zero-order valence-corrected chi connectivity index (χ0v) is 14.3. The molecule has 0 spiro atoms. The lowest BCUT2D eigenvalue weighted by Crippen LogP contribution is -2.24. The Labute approximate surface area is 146 Å². The average molecular weight is 339 g/mol. The number of hydrogen-bond acceptors (Lipinski definition) is 6. The van der Waals surface area contributed by atoms with Gasteiger partial charge in [0.2, 0.25) is 0 Å². The van der Waals surface area contributed by atoms with Crippen molar-refractivity contribution in [3.63, 3.8) is 0 Å². The van der Waals surface area contributed by atoms with Crippen LogP contribution in [0.1, 0.15) is 12.7 Å². The molecule has 1 heterocycles. The molecule has 0 bridgehead atoms. The molecule has 130 valence electrons. The van der Waals surface area contributed by atoms with Crippen LogP contribution >= 0.6 is 0 Å². The third-order valence-electron chi connectivity index (χ3n) is 3.73. The van der Waals surface area contributed by atoms with Crippen LogP contribution in [-0.2, 0) is 6.61 Å². The predicted octanol–water partition coefficient (Wildman–Crippen LogP) is 3.01. The fourth-order valence-corrected chi connectivity index (χ4v) is 2.53. The second kappa shape index (κ2) is 7.81. The number of fused-ring (bicyclic) bond motifs is 1. The minimum absolute atomic E-state index is 0.00485. The number of methoxy groups -OCH3 is 1. The zero-order chi connectivity index (χ0) is 17.6. The summed E-state index contributed by atoms with van der Waals surface area (Å²) < 4.78 is 11.1. The molecule has 6 heteroatoms. The molecule has 25 heavy (non-hydrogen) atoms. The predicted molar refractivity (Wildman–Crippen MR) is 97.0 cm³/mol. The number of para-hydroxylation sites is 3. The molecule has 0 unspecified atom stereocenters. The van der Waals surface area contributed by atoms with E-state index in [1.165, 1.54) is 0 Å². The quantitative estimate of drug-likeness (QED) is 0.689. The van der Waals surface area contributed by atoms with Gasteiger partial charge in [-0.25, -0.2) is 9.97 Å². The molecule has 0 aliphatic heterocycles. The van der Waals surface area contributed by atoms with Gasteiger partial charge < -0.3 is 19.9 Å². The van der Waals surface area contributed by atoms with Gasteiger partial charge in [0, 0.05) is 5.39 Å². The molecule has 1 aromatic heterocycles. The highest BCUT2D eigenvalue weighted by Gasteiger charge is 2.11. The van der Waals surface area contributed by atoms with Gasteiger partial charge in [-0.05, 0) is 31.2 Å². The highest BCUT2D eigenvalue weighted by atomic mass is 16.5. The van der Waals surface area contributed by atoms with Gasteiger partial charge in [0.1, 0.15) is 19.0 Å². The third-order valence-corrected chi connectivity index (χ3v) is 3.73. The summed E-state index contributed by atoms with van der Waals surface area (Å²) in [5.74, 6) is 2.47. The summed E-state index contributed by atoms with van der Waals surface area (Å²) in [5, 5.41) is 13.6. The van der Waals surface area contributed by atoms with E-state index in [2.05, 4.69) is 15.3 Å². The first-order valence-corrected chi connectivity index (χ1v) is 8.10. The molecule has 3 aromatic rings. The average Bonchev–Trinajstić information content (AvgIpc) is 2.66. The Bertz CT molecular complexity index is 854. The Kier molecular flexibility index (Phi) is 5.30. The van der Waals surface area contributed by atoms with Crippen molar-refractivity contribution >= 4 is 16.7 Å². The minimum atomic E-state index is -0.203. The first kappa shape index (κ1) is 17.0. The van der Waals surface area contributed by atoms with Gasteiger partial charge in [0.15, 0.2) is 17.3 Å².